The summed E-state index contributed by atoms with van der Waals surface area (Å²) in [7, 11) is 0. The van der Waals surface area contributed by atoms with E-state index in [-0.39, 0.29) is 12.1 Å². The summed E-state index contributed by atoms with van der Waals surface area (Å²) in [5, 5.41) is 14.7. The molecule has 18 heavy (non-hydrogen) atoms. The Morgan fingerprint density at radius 1 is 1.39 bits per heavy atom. The van der Waals surface area contributed by atoms with Gasteiger partial charge in [-0.3, -0.25) is 0 Å². The van der Waals surface area contributed by atoms with Gasteiger partial charge < -0.3 is 10.4 Å². The zero-order valence-electron chi connectivity index (χ0n) is 10.3. The molecule has 2 heterocycles. The first kappa shape index (κ1) is 12.1. The Balaban J connectivity index is 1.71. The highest BCUT2D eigenvalue weighted by Crippen LogP contribution is 2.23. The summed E-state index contributed by atoms with van der Waals surface area (Å²) < 4.78 is 1.20. The van der Waals surface area contributed by atoms with Crippen molar-refractivity contribution in [3.63, 3.8) is 0 Å². The summed E-state index contributed by atoms with van der Waals surface area (Å²) in [6.07, 6.45) is 3.87. The van der Waals surface area contributed by atoms with Crippen molar-refractivity contribution < 1.29 is 5.11 Å². The normalized spacial score (nSPS) is 22.2. The van der Waals surface area contributed by atoms with Gasteiger partial charge >= 0.3 is 0 Å². The molecular weight excluding hydrogens is 244 g/mol. The van der Waals surface area contributed by atoms with Gasteiger partial charge in [0.05, 0.1) is 21.3 Å². The molecule has 0 bridgehead atoms. The van der Waals surface area contributed by atoms with Gasteiger partial charge in [0, 0.05) is 12.5 Å². The quantitative estimate of drug-likeness (QED) is 0.892. The highest BCUT2D eigenvalue weighted by Gasteiger charge is 2.22. The fourth-order valence-corrected chi connectivity index (χ4v) is 3.55. The first-order chi connectivity index (χ1) is 8.83. The molecule has 2 unspecified atom stereocenters. The van der Waals surface area contributed by atoms with Gasteiger partial charge in [0.2, 0.25) is 0 Å². The summed E-state index contributed by atoms with van der Waals surface area (Å²) in [4.78, 5) is 4.58. The Hall–Kier alpha value is -0.970. The predicted molar refractivity (Wildman–Crippen MR) is 75.0 cm³/mol. The van der Waals surface area contributed by atoms with Crippen LogP contribution in [0.3, 0.4) is 0 Å². The van der Waals surface area contributed by atoms with E-state index in [2.05, 4.69) is 16.4 Å². The molecular formula is C14H18N2OS. The molecule has 4 heteroatoms. The molecule has 2 N–H and O–H groups in total. The van der Waals surface area contributed by atoms with Crippen LogP contribution < -0.4 is 5.32 Å². The van der Waals surface area contributed by atoms with E-state index >= 15 is 0 Å². The van der Waals surface area contributed by atoms with E-state index in [9.17, 15) is 5.11 Å². The maximum Gasteiger partial charge on any atom is 0.0964 e. The van der Waals surface area contributed by atoms with E-state index < -0.39 is 0 Å². The van der Waals surface area contributed by atoms with Crippen LogP contribution in [0.4, 0.5) is 0 Å². The fourth-order valence-electron chi connectivity index (χ4n) is 2.54. The lowest BCUT2D eigenvalue weighted by Crippen LogP contribution is -2.44. The average Bonchev–Trinajstić information content (AvgIpc) is 2.82. The molecule has 1 aliphatic heterocycles. The molecule has 1 aliphatic rings. The Morgan fingerprint density at radius 2 is 2.28 bits per heavy atom. The first-order valence-corrected chi connectivity index (χ1v) is 7.40. The molecule has 1 saturated heterocycles. The molecule has 3 rings (SSSR count). The molecule has 0 saturated carbocycles. The number of aliphatic hydroxyl groups excluding tert-OH is 1. The molecule has 96 valence electrons. The van der Waals surface area contributed by atoms with Crippen molar-refractivity contribution in [2.45, 2.75) is 37.8 Å². The van der Waals surface area contributed by atoms with Gasteiger partial charge in [-0.15, -0.1) is 11.3 Å². The van der Waals surface area contributed by atoms with E-state index in [1.807, 2.05) is 18.2 Å². The zero-order chi connectivity index (χ0) is 12.4. The largest absolute Gasteiger partial charge is 0.391 e. The number of fused-ring (bicyclic) bond motifs is 1. The molecule has 0 spiro atoms. The SMILES string of the molecule is OC(Cc1nc2ccccc2s1)C1CCCCN1. The van der Waals surface area contributed by atoms with E-state index in [0.717, 1.165) is 23.5 Å². The summed E-state index contributed by atoms with van der Waals surface area (Å²) >= 11 is 1.69. The number of hydrogen-bond donors (Lipinski definition) is 2. The summed E-state index contributed by atoms with van der Waals surface area (Å²) in [6.45, 7) is 1.03. The van der Waals surface area contributed by atoms with Gasteiger partial charge in [-0.05, 0) is 31.5 Å². The minimum Gasteiger partial charge on any atom is -0.391 e. The van der Waals surface area contributed by atoms with Crippen LogP contribution in [0.15, 0.2) is 24.3 Å². The summed E-state index contributed by atoms with van der Waals surface area (Å²) in [6, 6.07) is 8.39. The highest BCUT2D eigenvalue weighted by atomic mass is 32.1. The second kappa shape index (κ2) is 5.34. The average molecular weight is 262 g/mol. The molecule has 0 aliphatic carbocycles. The van der Waals surface area contributed by atoms with Crippen LogP contribution in [0.25, 0.3) is 10.2 Å². The van der Waals surface area contributed by atoms with Crippen molar-refractivity contribution in [1.29, 1.82) is 0 Å². The number of rotatable bonds is 3. The number of aliphatic hydroxyl groups is 1. The number of nitrogens with zero attached hydrogens (tertiary/aromatic N) is 1. The predicted octanol–water partition coefficient (Wildman–Crippen LogP) is 2.34. The van der Waals surface area contributed by atoms with Crippen molar-refractivity contribution >= 4 is 21.6 Å². The molecule has 3 nitrogen and oxygen atoms in total. The van der Waals surface area contributed by atoms with Crippen molar-refractivity contribution in [3.8, 4) is 0 Å². The Bertz CT molecular complexity index is 486. The summed E-state index contributed by atoms with van der Waals surface area (Å²) in [5.41, 5.74) is 1.04. The maximum absolute atomic E-state index is 10.3. The van der Waals surface area contributed by atoms with E-state index in [1.165, 1.54) is 17.5 Å². The van der Waals surface area contributed by atoms with Gasteiger partial charge in [-0.25, -0.2) is 4.98 Å². The molecule has 0 radical (unpaired) electrons. The third-order valence-electron chi connectivity index (χ3n) is 3.53. The number of aromatic nitrogens is 1. The van der Waals surface area contributed by atoms with Crippen LogP contribution >= 0.6 is 11.3 Å². The third-order valence-corrected chi connectivity index (χ3v) is 4.59. The maximum atomic E-state index is 10.3. The topological polar surface area (TPSA) is 45.2 Å². The second-order valence-corrected chi connectivity index (χ2v) is 6.02. The lowest BCUT2D eigenvalue weighted by molar-refractivity contribution is 0.113. The third kappa shape index (κ3) is 2.55. The van der Waals surface area contributed by atoms with E-state index in [4.69, 9.17) is 0 Å². The molecule has 1 fully saturated rings. The Labute approximate surface area is 111 Å². The minimum atomic E-state index is -0.314. The van der Waals surface area contributed by atoms with Gasteiger partial charge in [-0.1, -0.05) is 18.6 Å². The Morgan fingerprint density at radius 3 is 3.06 bits per heavy atom. The van der Waals surface area contributed by atoms with Gasteiger partial charge in [0.25, 0.3) is 0 Å². The Kier molecular flexibility index (Phi) is 3.59. The molecule has 0 amide bonds. The van der Waals surface area contributed by atoms with Crippen molar-refractivity contribution in [3.05, 3.63) is 29.3 Å². The van der Waals surface area contributed by atoms with Gasteiger partial charge in [-0.2, -0.15) is 0 Å². The number of benzene rings is 1. The fraction of sp³-hybridized carbons (Fsp3) is 0.500. The number of thiazole rings is 1. The van der Waals surface area contributed by atoms with Gasteiger partial charge in [0.15, 0.2) is 0 Å². The first-order valence-electron chi connectivity index (χ1n) is 6.59. The smallest absolute Gasteiger partial charge is 0.0964 e. The van der Waals surface area contributed by atoms with E-state index in [1.54, 1.807) is 11.3 Å². The summed E-state index contributed by atoms with van der Waals surface area (Å²) in [5.74, 6) is 0. The number of nitrogens with one attached hydrogen (secondary N) is 1. The van der Waals surface area contributed by atoms with Crippen LogP contribution in [0, 0.1) is 0 Å². The lowest BCUT2D eigenvalue weighted by atomic mass is 9.98. The van der Waals surface area contributed by atoms with Crippen molar-refractivity contribution in [2.75, 3.05) is 6.54 Å². The van der Waals surface area contributed by atoms with E-state index in [0.29, 0.717) is 6.42 Å². The van der Waals surface area contributed by atoms with Crippen LogP contribution in [0.1, 0.15) is 24.3 Å². The van der Waals surface area contributed by atoms with Gasteiger partial charge in [0.1, 0.15) is 0 Å². The molecule has 2 atom stereocenters. The van der Waals surface area contributed by atoms with Crippen molar-refractivity contribution in [2.24, 2.45) is 0 Å². The number of hydrogen-bond acceptors (Lipinski definition) is 4. The molecule has 1 aromatic carbocycles. The second-order valence-electron chi connectivity index (χ2n) is 4.90. The lowest BCUT2D eigenvalue weighted by Gasteiger charge is -2.27. The van der Waals surface area contributed by atoms with Crippen LogP contribution in [0.5, 0.6) is 0 Å². The minimum absolute atomic E-state index is 0.241. The standard InChI is InChI=1S/C14H18N2OS/c17-12(10-5-3-4-8-15-10)9-14-16-11-6-1-2-7-13(11)18-14/h1-2,6-7,10,12,15,17H,3-5,8-9H2. The monoisotopic (exact) mass is 262 g/mol. The molecule has 1 aromatic heterocycles. The highest BCUT2D eigenvalue weighted by molar-refractivity contribution is 7.18. The number of para-hydroxylation sites is 1. The van der Waals surface area contributed by atoms with Crippen LogP contribution in [-0.4, -0.2) is 28.8 Å². The van der Waals surface area contributed by atoms with Crippen LogP contribution in [0.2, 0.25) is 0 Å². The van der Waals surface area contributed by atoms with Crippen molar-refractivity contribution in [1.82, 2.24) is 10.3 Å². The van der Waals surface area contributed by atoms with Crippen LogP contribution in [-0.2, 0) is 6.42 Å². The zero-order valence-corrected chi connectivity index (χ0v) is 11.1. The number of piperidine rings is 1. The molecule has 2 aromatic rings.